The number of para-hydroxylation sites is 1. The molecule has 1 unspecified atom stereocenters. The maximum Gasteiger partial charge on any atom is 0.119 e. The Morgan fingerprint density at radius 2 is 1.86 bits per heavy atom. The molecule has 22 heavy (non-hydrogen) atoms. The standard InChI is InChI=1S/C17H29N3O2/c1-18-8-10-20(11-9-18)15-16(21)14-19(2)12-13-22-17-6-4-3-5-7-17/h3-7,16,21H,8-15H2,1-2H3. The minimum atomic E-state index is -0.301. The van der Waals surface area contributed by atoms with Gasteiger partial charge in [0.05, 0.1) is 6.10 Å². The fourth-order valence-corrected chi connectivity index (χ4v) is 2.67. The zero-order chi connectivity index (χ0) is 15.8. The van der Waals surface area contributed by atoms with Crippen molar-refractivity contribution >= 4 is 0 Å². The van der Waals surface area contributed by atoms with Gasteiger partial charge in [-0.2, -0.15) is 0 Å². The highest BCUT2D eigenvalue weighted by Gasteiger charge is 2.17. The Kier molecular flexibility index (Phi) is 7.12. The van der Waals surface area contributed by atoms with E-state index in [1.807, 2.05) is 37.4 Å². The van der Waals surface area contributed by atoms with Crippen LogP contribution in [0.1, 0.15) is 0 Å². The fourth-order valence-electron chi connectivity index (χ4n) is 2.67. The number of β-amino-alcohol motifs (C(OH)–C–C–N with tert-alkyl or cyclic N) is 1. The van der Waals surface area contributed by atoms with Crippen LogP contribution >= 0.6 is 0 Å². The molecule has 0 aliphatic carbocycles. The minimum Gasteiger partial charge on any atom is -0.492 e. The van der Waals surface area contributed by atoms with Crippen LogP contribution in [0.15, 0.2) is 30.3 Å². The van der Waals surface area contributed by atoms with Gasteiger partial charge in [-0.15, -0.1) is 0 Å². The highest BCUT2D eigenvalue weighted by atomic mass is 16.5. The van der Waals surface area contributed by atoms with Crippen molar-refractivity contribution in [2.24, 2.45) is 0 Å². The number of aliphatic hydroxyl groups excluding tert-OH is 1. The average Bonchev–Trinajstić information content (AvgIpc) is 2.50. The SMILES string of the molecule is CN1CCN(CC(O)CN(C)CCOc2ccccc2)CC1. The molecule has 1 aliphatic rings. The van der Waals surface area contributed by atoms with Crippen LogP contribution in [0.2, 0.25) is 0 Å². The molecule has 0 amide bonds. The monoisotopic (exact) mass is 307 g/mol. The summed E-state index contributed by atoms with van der Waals surface area (Å²) in [5, 5.41) is 10.2. The molecule has 1 aromatic rings. The summed E-state index contributed by atoms with van der Waals surface area (Å²) in [4.78, 5) is 6.80. The first-order chi connectivity index (χ1) is 10.6. The van der Waals surface area contributed by atoms with Gasteiger partial charge in [0, 0.05) is 45.8 Å². The fraction of sp³-hybridized carbons (Fsp3) is 0.647. The average molecular weight is 307 g/mol. The quantitative estimate of drug-likeness (QED) is 0.762. The number of ether oxygens (including phenoxy) is 1. The Balaban J connectivity index is 1.58. The largest absolute Gasteiger partial charge is 0.492 e. The number of piperazine rings is 1. The van der Waals surface area contributed by atoms with E-state index in [2.05, 4.69) is 21.7 Å². The van der Waals surface area contributed by atoms with Crippen LogP contribution < -0.4 is 4.74 Å². The molecule has 5 heteroatoms. The highest BCUT2D eigenvalue weighted by molar-refractivity contribution is 5.20. The van der Waals surface area contributed by atoms with Crippen molar-refractivity contribution < 1.29 is 9.84 Å². The number of likely N-dealkylation sites (N-methyl/N-ethyl adjacent to an activating group) is 2. The normalized spacial score (nSPS) is 18.5. The lowest BCUT2D eigenvalue weighted by Gasteiger charge is -2.34. The van der Waals surface area contributed by atoms with Crippen molar-refractivity contribution in [3.8, 4) is 5.75 Å². The summed E-state index contributed by atoms with van der Waals surface area (Å²) in [7, 11) is 4.18. The molecule has 124 valence electrons. The molecule has 0 saturated carbocycles. The highest BCUT2D eigenvalue weighted by Crippen LogP contribution is 2.08. The third-order valence-electron chi connectivity index (χ3n) is 4.07. The Morgan fingerprint density at radius 3 is 2.55 bits per heavy atom. The van der Waals surface area contributed by atoms with Gasteiger partial charge in [0.1, 0.15) is 12.4 Å². The maximum absolute atomic E-state index is 10.2. The molecule has 1 fully saturated rings. The van der Waals surface area contributed by atoms with Crippen molar-refractivity contribution in [2.45, 2.75) is 6.10 Å². The minimum absolute atomic E-state index is 0.301. The van der Waals surface area contributed by atoms with Gasteiger partial charge in [0.15, 0.2) is 0 Å². The van der Waals surface area contributed by atoms with Crippen LogP contribution in [0.5, 0.6) is 5.75 Å². The first-order valence-electron chi connectivity index (χ1n) is 8.09. The predicted molar refractivity (Wildman–Crippen MR) is 89.4 cm³/mol. The smallest absolute Gasteiger partial charge is 0.119 e. The van der Waals surface area contributed by atoms with E-state index in [-0.39, 0.29) is 6.10 Å². The van der Waals surface area contributed by atoms with E-state index in [9.17, 15) is 5.11 Å². The second-order valence-corrected chi connectivity index (χ2v) is 6.18. The van der Waals surface area contributed by atoms with E-state index >= 15 is 0 Å². The van der Waals surface area contributed by atoms with Gasteiger partial charge >= 0.3 is 0 Å². The second-order valence-electron chi connectivity index (χ2n) is 6.18. The Bertz CT molecular complexity index is 408. The molecule has 5 nitrogen and oxygen atoms in total. The number of hydrogen-bond donors (Lipinski definition) is 1. The molecule has 0 bridgehead atoms. The van der Waals surface area contributed by atoms with Gasteiger partial charge in [-0.1, -0.05) is 18.2 Å². The number of hydrogen-bond acceptors (Lipinski definition) is 5. The van der Waals surface area contributed by atoms with Crippen molar-refractivity contribution in [1.82, 2.24) is 14.7 Å². The van der Waals surface area contributed by atoms with Gasteiger partial charge in [0.25, 0.3) is 0 Å². The molecular weight excluding hydrogens is 278 g/mol. The second kappa shape index (κ2) is 9.10. The van der Waals surface area contributed by atoms with Crippen LogP contribution in [0.3, 0.4) is 0 Å². The maximum atomic E-state index is 10.2. The van der Waals surface area contributed by atoms with Crippen molar-refractivity contribution in [1.29, 1.82) is 0 Å². The molecule has 1 heterocycles. The molecule has 1 aromatic carbocycles. The van der Waals surface area contributed by atoms with Crippen molar-refractivity contribution in [3.05, 3.63) is 30.3 Å². The summed E-state index contributed by atoms with van der Waals surface area (Å²) in [6.45, 7) is 7.18. The molecular formula is C17H29N3O2. The number of rotatable bonds is 8. The lowest BCUT2D eigenvalue weighted by molar-refractivity contribution is 0.0582. The summed E-state index contributed by atoms with van der Waals surface area (Å²) >= 11 is 0. The summed E-state index contributed by atoms with van der Waals surface area (Å²) in [6, 6.07) is 9.84. The summed E-state index contributed by atoms with van der Waals surface area (Å²) in [5.41, 5.74) is 0. The third-order valence-corrected chi connectivity index (χ3v) is 4.07. The van der Waals surface area contributed by atoms with E-state index in [0.717, 1.165) is 45.0 Å². The Morgan fingerprint density at radius 1 is 1.18 bits per heavy atom. The van der Waals surface area contributed by atoms with E-state index in [4.69, 9.17) is 4.74 Å². The lowest BCUT2D eigenvalue weighted by Crippen LogP contribution is -2.48. The molecule has 0 radical (unpaired) electrons. The summed E-state index contributed by atoms with van der Waals surface area (Å²) in [6.07, 6.45) is -0.301. The molecule has 0 spiro atoms. The Hall–Kier alpha value is -1.14. The van der Waals surface area contributed by atoms with Gasteiger partial charge < -0.3 is 19.6 Å². The predicted octanol–water partition coefficient (Wildman–Crippen LogP) is 0.606. The summed E-state index contributed by atoms with van der Waals surface area (Å²) < 4.78 is 5.68. The van der Waals surface area contributed by atoms with E-state index in [0.29, 0.717) is 13.2 Å². The van der Waals surface area contributed by atoms with Crippen LogP contribution in [0.25, 0.3) is 0 Å². The van der Waals surface area contributed by atoms with Crippen molar-refractivity contribution in [2.75, 3.05) is 66.5 Å². The van der Waals surface area contributed by atoms with Gasteiger partial charge in [0.2, 0.25) is 0 Å². The molecule has 1 N–H and O–H groups in total. The Labute approximate surface area is 134 Å². The lowest BCUT2D eigenvalue weighted by atomic mass is 10.2. The molecule has 1 atom stereocenters. The number of nitrogens with zero attached hydrogens (tertiary/aromatic N) is 3. The first-order valence-corrected chi connectivity index (χ1v) is 8.09. The summed E-state index contributed by atoms with van der Waals surface area (Å²) in [5.74, 6) is 0.897. The topological polar surface area (TPSA) is 39.2 Å². The zero-order valence-corrected chi connectivity index (χ0v) is 13.8. The molecule has 1 saturated heterocycles. The first kappa shape index (κ1) is 17.2. The number of aliphatic hydroxyl groups is 1. The van der Waals surface area contributed by atoms with Gasteiger partial charge in [-0.25, -0.2) is 0 Å². The van der Waals surface area contributed by atoms with Crippen LogP contribution in [-0.4, -0.2) is 92.4 Å². The van der Waals surface area contributed by atoms with Gasteiger partial charge in [-0.05, 0) is 26.2 Å². The molecule has 2 rings (SSSR count). The van der Waals surface area contributed by atoms with E-state index in [1.165, 1.54) is 0 Å². The third kappa shape index (κ3) is 6.32. The van der Waals surface area contributed by atoms with Crippen LogP contribution in [0.4, 0.5) is 0 Å². The zero-order valence-electron chi connectivity index (χ0n) is 13.8. The molecule has 0 aromatic heterocycles. The molecule has 1 aliphatic heterocycles. The van der Waals surface area contributed by atoms with Crippen LogP contribution in [-0.2, 0) is 0 Å². The van der Waals surface area contributed by atoms with Crippen LogP contribution in [0, 0.1) is 0 Å². The number of benzene rings is 1. The van der Waals surface area contributed by atoms with E-state index in [1.54, 1.807) is 0 Å². The van der Waals surface area contributed by atoms with Gasteiger partial charge in [-0.3, -0.25) is 4.90 Å². The van der Waals surface area contributed by atoms with Crippen molar-refractivity contribution in [3.63, 3.8) is 0 Å². The van der Waals surface area contributed by atoms with E-state index < -0.39 is 0 Å².